The number of ether oxygens (including phenoxy) is 1. The second kappa shape index (κ2) is 8.86. The van der Waals surface area contributed by atoms with Crippen molar-refractivity contribution in [3.8, 4) is 0 Å². The molecular formula is C20H20F4N2O2. The Hall–Kier alpha value is -2.90. The van der Waals surface area contributed by atoms with Crippen LogP contribution >= 0.6 is 0 Å². The molecule has 150 valence electrons. The minimum absolute atomic E-state index is 0.0740. The molecule has 0 aliphatic heterocycles. The van der Waals surface area contributed by atoms with Gasteiger partial charge >= 0.3 is 12.1 Å². The molecule has 0 aliphatic rings. The molecule has 2 aromatic carbocycles. The van der Waals surface area contributed by atoms with Gasteiger partial charge in [0.2, 0.25) is 0 Å². The van der Waals surface area contributed by atoms with Crippen LogP contribution in [0.4, 0.5) is 23.2 Å². The predicted octanol–water partition coefficient (Wildman–Crippen LogP) is 5.12. The fraction of sp³-hybridized carbons (Fsp3) is 0.300. The molecule has 0 spiro atoms. The van der Waals surface area contributed by atoms with E-state index in [4.69, 9.17) is 4.74 Å². The normalized spacial score (nSPS) is 11.7. The summed E-state index contributed by atoms with van der Waals surface area (Å²) in [5.41, 5.74) is -1.23. The van der Waals surface area contributed by atoms with E-state index in [-0.39, 0.29) is 11.3 Å². The van der Waals surface area contributed by atoms with Gasteiger partial charge < -0.3 is 9.64 Å². The van der Waals surface area contributed by atoms with Crippen molar-refractivity contribution in [3.05, 3.63) is 64.5 Å². The van der Waals surface area contributed by atoms with E-state index in [1.165, 1.54) is 30.6 Å². The highest BCUT2D eigenvalue weighted by Gasteiger charge is 2.36. The van der Waals surface area contributed by atoms with Crippen LogP contribution in [0.3, 0.4) is 0 Å². The predicted molar refractivity (Wildman–Crippen MR) is 98.2 cm³/mol. The number of hydrogen-bond donors (Lipinski definition) is 0. The monoisotopic (exact) mass is 396 g/mol. The zero-order chi connectivity index (χ0) is 20.9. The van der Waals surface area contributed by atoms with Crippen LogP contribution < -0.4 is 0 Å². The summed E-state index contributed by atoms with van der Waals surface area (Å²) in [6.07, 6.45) is -3.36. The number of nitrogens with zero attached hydrogens (tertiary/aromatic N) is 2. The molecule has 0 saturated heterocycles. The van der Waals surface area contributed by atoms with Crippen LogP contribution in [0, 0.1) is 12.7 Å². The molecule has 4 nitrogen and oxygen atoms in total. The van der Waals surface area contributed by atoms with Crippen molar-refractivity contribution in [1.29, 1.82) is 0 Å². The van der Waals surface area contributed by atoms with Gasteiger partial charge in [-0.1, -0.05) is 18.2 Å². The van der Waals surface area contributed by atoms with Crippen LogP contribution in [0.2, 0.25) is 0 Å². The first kappa shape index (κ1) is 21.4. The molecule has 0 N–H and O–H groups in total. The third-order valence-corrected chi connectivity index (χ3v) is 4.07. The van der Waals surface area contributed by atoms with E-state index in [1.54, 1.807) is 18.9 Å². The van der Waals surface area contributed by atoms with Crippen molar-refractivity contribution >= 4 is 18.0 Å². The molecule has 28 heavy (non-hydrogen) atoms. The molecule has 0 fully saturated rings. The SMILES string of the molecule is CCN(C)C=Nc1cc(C(F)(F)F)c(C(=O)OCc2ccccc2F)cc1C. The topological polar surface area (TPSA) is 41.9 Å². The fourth-order valence-electron chi connectivity index (χ4n) is 2.32. The molecule has 0 amide bonds. The molecule has 0 unspecified atom stereocenters. The smallest absolute Gasteiger partial charge is 0.417 e. The van der Waals surface area contributed by atoms with Crippen molar-refractivity contribution in [3.63, 3.8) is 0 Å². The van der Waals surface area contributed by atoms with Crippen LogP contribution in [0.25, 0.3) is 0 Å². The van der Waals surface area contributed by atoms with Crippen molar-refractivity contribution in [1.82, 2.24) is 4.90 Å². The molecule has 0 radical (unpaired) electrons. The number of aliphatic imine (C=N–C) groups is 1. The molecule has 2 rings (SSSR count). The molecule has 0 bridgehead atoms. The molecule has 8 heteroatoms. The van der Waals surface area contributed by atoms with Gasteiger partial charge in [-0.3, -0.25) is 0 Å². The van der Waals surface area contributed by atoms with Crippen LogP contribution in [0.1, 0.15) is 34.0 Å². The third kappa shape index (κ3) is 5.31. The Kier molecular flexibility index (Phi) is 6.77. The van der Waals surface area contributed by atoms with Gasteiger partial charge in [-0.25, -0.2) is 14.2 Å². The van der Waals surface area contributed by atoms with Gasteiger partial charge in [0.1, 0.15) is 12.4 Å². The lowest BCUT2D eigenvalue weighted by atomic mass is 10.0. The highest BCUT2D eigenvalue weighted by atomic mass is 19.4. The summed E-state index contributed by atoms with van der Waals surface area (Å²) < 4.78 is 59.0. The van der Waals surface area contributed by atoms with E-state index in [1.807, 2.05) is 6.92 Å². The Morgan fingerprint density at radius 2 is 1.93 bits per heavy atom. The summed E-state index contributed by atoms with van der Waals surface area (Å²) in [5, 5.41) is 0. The van der Waals surface area contributed by atoms with Crippen LogP contribution in [-0.4, -0.2) is 30.8 Å². The molecule has 0 aromatic heterocycles. The van der Waals surface area contributed by atoms with Crippen LogP contribution in [-0.2, 0) is 17.5 Å². The number of hydrogen-bond acceptors (Lipinski definition) is 3. The standard InChI is InChI=1S/C20H20F4N2O2/c1-4-26(3)12-25-18-10-16(20(22,23)24)15(9-13(18)2)19(27)28-11-14-7-5-6-8-17(14)21/h5-10,12H,4,11H2,1-3H3. The van der Waals surface area contributed by atoms with Crippen molar-refractivity contribution < 1.29 is 27.1 Å². The Bertz CT molecular complexity index is 879. The summed E-state index contributed by atoms with van der Waals surface area (Å²) in [6, 6.07) is 7.47. The second-order valence-corrected chi connectivity index (χ2v) is 6.17. The van der Waals surface area contributed by atoms with Gasteiger partial charge in [0, 0.05) is 19.2 Å². The lowest BCUT2D eigenvalue weighted by Gasteiger charge is -2.15. The van der Waals surface area contributed by atoms with Gasteiger partial charge in [0.15, 0.2) is 0 Å². The number of alkyl halides is 3. The first-order valence-corrected chi connectivity index (χ1v) is 8.50. The summed E-state index contributed by atoms with van der Waals surface area (Å²) in [6.45, 7) is 3.58. The number of aryl methyl sites for hydroxylation is 1. The van der Waals surface area contributed by atoms with Crippen LogP contribution in [0.5, 0.6) is 0 Å². The number of benzene rings is 2. The van der Waals surface area contributed by atoms with Gasteiger partial charge in [0.05, 0.1) is 23.2 Å². The molecule has 0 atom stereocenters. The fourth-order valence-corrected chi connectivity index (χ4v) is 2.32. The molecule has 2 aromatic rings. The van der Waals surface area contributed by atoms with Gasteiger partial charge in [-0.15, -0.1) is 0 Å². The second-order valence-electron chi connectivity index (χ2n) is 6.17. The summed E-state index contributed by atoms with van der Waals surface area (Å²) in [5.74, 6) is -1.79. The van der Waals surface area contributed by atoms with Crippen molar-refractivity contribution in [2.24, 2.45) is 4.99 Å². The number of rotatable bonds is 6. The van der Waals surface area contributed by atoms with E-state index >= 15 is 0 Å². The highest BCUT2D eigenvalue weighted by molar-refractivity contribution is 5.92. The van der Waals surface area contributed by atoms with E-state index in [0.29, 0.717) is 12.1 Å². The minimum atomic E-state index is -4.78. The maximum absolute atomic E-state index is 13.6. The Morgan fingerprint density at radius 3 is 2.54 bits per heavy atom. The highest BCUT2D eigenvalue weighted by Crippen LogP contribution is 2.36. The van der Waals surface area contributed by atoms with E-state index in [2.05, 4.69) is 4.99 Å². The summed E-state index contributed by atoms with van der Waals surface area (Å²) >= 11 is 0. The number of carbonyl (C=O) groups is 1. The van der Waals surface area contributed by atoms with Crippen LogP contribution in [0.15, 0.2) is 41.4 Å². The van der Waals surface area contributed by atoms with Gasteiger partial charge in [0.25, 0.3) is 0 Å². The number of esters is 1. The van der Waals surface area contributed by atoms with E-state index < -0.39 is 35.7 Å². The molecule has 0 heterocycles. The lowest BCUT2D eigenvalue weighted by molar-refractivity contribution is -0.138. The van der Waals surface area contributed by atoms with Gasteiger partial charge in [-0.05, 0) is 37.6 Å². The average Bonchev–Trinajstić information content (AvgIpc) is 2.64. The number of halogens is 4. The zero-order valence-electron chi connectivity index (χ0n) is 15.7. The maximum Gasteiger partial charge on any atom is 0.417 e. The van der Waals surface area contributed by atoms with Crippen molar-refractivity contribution in [2.75, 3.05) is 13.6 Å². The minimum Gasteiger partial charge on any atom is -0.457 e. The lowest BCUT2D eigenvalue weighted by Crippen LogP contribution is -2.16. The average molecular weight is 396 g/mol. The molecular weight excluding hydrogens is 376 g/mol. The van der Waals surface area contributed by atoms with Crippen molar-refractivity contribution in [2.45, 2.75) is 26.6 Å². The zero-order valence-corrected chi connectivity index (χ0v) is 15.7. The maximum atomic E-state index is 13.6. The summed E-state index contributed by atoms with van der Waals surface area (Å²) in [7, 11) is 1.73. The third-order valence-electron chi connectivity index (χ3n) is 4.07. The Balaban J connectivity index is 2.34. The molecule has 0 aliphatic carbocycles. The van der Waals surface area contributed by atoms with E-state index in [0.717, 1.165) is 12.1 Å². The number of carbonyl (C=O) groups excluding carboxylic acids is 1. The largest absolute Gasteiger partial charge is 0.457 e. The quantitative estimate of drug-likeness (QED) is 0.295. The van der Waals surface area contributed by atoms with Gasteiger partial charge in [-0.2, -0.15) is 13.2 Å². The first-order chi connectivity index (χ1) is 13.1. The molecule has 0 saturated carbocycles. The Labute approximate surface area is 160 Å². The Morgan fingerprint density at radius 1 is 1.25 bits per heavy atom. The first-order valence-electron chi connectivity index (χ1n) is 8.50. The summed E-state index contributed by atoms with van der Waals surface area (Å²) in [4.78, 5) is 18.0. The van der Waals surface area contributed by atoms with E-state index in [9.17, 15) is 22.4 Å².